The predicted molar refractivity (Wildman–Crippen MR) is 69.5 cm³/mol. The maximum Gasteiger partial charge on any atom is 0.160 e. The lowest BCUT2D eigenvalue weighted by Crippen LogP contribution is -2.58. The molecule has 0 saturated carbocycles. The topological polar surface area (TPSA) is 40.5 Å². The molecule has 3 nitrogen and oxygen atoms in total. The van der Waals surface area contributed by atoms with Gasteiger partial charge in [-0.25, -0.2) is 0 Å². The highest BCUT2D eigenvalue weighted by Gasteiger charge is 2.48. The fraction of sp³-hybridized carbons (Fsp3) is 0.533. The van der Waals surface area contributed by atoms with E-state index in [1.54, 1.807) is 0 Å². The largest absolute Gasteiger partial charge is 0.392 e. The lowest BCUT2D eigenvalue weighted by atomic mass is 9.64. The molecule has 96 valence electrons. The SMILES string of the molecule is CN1CC[C@]2(C)C(=O)[C@H]1Cc1ccc(CO)cc12. The van der Waals surface area contributed by atoms with Crippen molar-refractivity contribution in [2.75, 3.05) is 13.6 Å². The molecule has 0 amide bonds. The van der Waals surface area contributed by atoms with E-state index in [1.165, 1.54) is 5.56 Å². The summed E-state index contributed by atoms with van der Waals surface area (Å²) in [5.41, 5.74) is 2.96. The third-order valence-corrected chi connectivity index (χ3v) is 4.71. The van der Waals surface area contributed by atoms with Crippen molar-refractivity contribution in [3.63, 3.8) is 0 Å². The van der Waals surface area contributed by atoms with Gasteiger partial charge in [0.1, 0.15) is 0 Å². The average molecular weight is 245 g/mol. The number of aliphatic hydroxyl groups is 1. The molecule has 1 fully saturated rings. The summed E-state index contributed by atoms with van der Waals surface area (Å²) in [5, 5.41) is 9.26. The highest BCUT2D eigenvalue weighted by molar-refractivity contribution is 5.97. The van der Waals surface area contributed by atoms with Gasteiger partial charge in [-0.3, -0.25) is 9.69 Å². The van der Waals surface area contributed by atoms with Crippen molar-refractivity contribution in [1.29, 1.82) is 0 Å². The van der Waals surface area contributed by atoms with E-state index in [-0.39, 0.29) is 18.1 Å². The summed E-state index contributed by atoms with van der Waals surface area (Å²) < 4.78 is 0. The Morgan fingerprint density at radius 1 is 1.50 bits per heavy atom. The Morgan fingerprint density at radius 3 is 3.00 bits per heavy atom. The summed E-state index contributed by atoms with van der Waals surface area (Å²) in [5.74, 6) is 0.346. The summed E-state index contributed by atoms with van der Waals surface area (Å²) >= 11 is 0. The van der Waals surface area contributed by atoms with E-state index in [0.29, 0.717) is 5.78 Å². The molecule has 2 aliphatic rings. The highest BCUT2D eigenvalue weighted by Crippen LogP contribution is 2.42. The number of carbonyl (C=O) groups is 1. The zero-order chi connectivity index (χ0) is 12.9. The monoisotopic (exact) mass is 245 g/mol. The van der Waals surface area contributed by atoms with Crippen LogP contribution in [0.4, 0.5) is 0 Å². The number of fused-ring (bicyclic) bond motifs is 4. The maximum atomic E-state index is 12.6. The minimum Gasteiger partial charge on any atom is -0.392 e. The van der Waals surface area contributed by atoms with Crippen molar-refractivity contribution in [3.05, 3.63) is 34.9 Å². The lowest BCUT2D eigenvalue weighted by Gasteiger charge is -2.47. The molecule has 0 aromatic heterocycles. The molecule has 1 heterocycles. The Kier molecular flexibility index (Phi) is 2.57. The summed E-state index contributed by atoms with van der Waals surface area (Å²) in [6, 6.07) is 6.11. The predicted octanol–water partition coefficient (Wildman–Crippen LogP) is 1.27. The number of benzene rings is 1. The number of likely N-dealkylation sites (N-methyl/N-ethyl adjacent to an activating group) is 1. The van der Waals surface area contributed by atoms with Crippen LogP contribution in [-0.4, -0.2) is 35.4 Å². The van der Waals surface area contributed by atoms with Crippen LogP contribution in [-0.2, 0) is 23.2 Å². The fourth-order valence-electron chi connectivity index (χ4n) is 3.38. The molecule has 2 atom stereocenters. The van der Waals surface area contributed by atoms with E-state index in [9.17, 15) is 9.90 Å². The van der Waals surface area contributed by atoms with Gasteiger partial charge in [-0.05, 0) is 50.0 Å². The van der Waals surface area contributed by atoms with Gasteiger partial charge in [0.2, 0.25) is 0 Å². The minimum absolute atomic E-state index is 0.0382. The number of hydrogen-bond acceptors (Lipinski definition) is 3. The molecule has 0 radical (unpaired) electrons. The standard InChI is InChI=1S/C15H19NO2/c1-15-5-6-16(2)13(14(15)18)8-11-4-3-10(9-17)7-12(11)15/h3-4,7,13,17H,5-6,8-9H2,1-2H3/t13-,15+/m1/s1. The molecule has 3 heteroatoms. The van der Waals surface area contributed by atoms with Crippen molar-refractivity contribution in [2.45, 2.75) is 37.8 Å². The van der Waals surface area contributed by atoms with Crippen LogP contribution >= 0.6 is 0 Å². The number of nitrogens with zero attached hydrogens (tertiary/aromatic N) is 1. The van der Waals surface area contributed by atoms with E-state index >= 15 is 0 Å². The second kappa shape index (κ2) is 3.90. The van der Waals surface area contributed by atoms with E-state index < -0.39 is 0 Å². The quantitative estimate of drug-likeness (QED) is 0.810. The smallest absolute Gasteiger partial charge is 0.160 e. The van der Waals surface area contributed by atoms with E-state index in [1.807, 2.05) is 19.2 Å². The van der Waals surface area contributed by atoms with Crippen LogP contribution in [0.3, 0.4) is 0 Å². The zero-order valence-electron chi connectivity index (χ0n) is 10.9. The minimum atomic E-state index is -0.351. The zero-order valence-corrected chi connectivity index (χ0v) is 10.9. The fourth-order valence-corrected chi connectivity index (χ4v) is 3.38. The van der Waals surface area contributed by atoms with Gasteiger partial charge < -0.3 is 5.11 Å². The lowest BCUT2D eigenvalue weighted by molar-refractivity contribution is -0.133. The molecular weight excluding hydrogens is 226 g/mol. The van der Waals surface area contributed by atoms with E-state index in [2.05, 4.69) is 17.9 Å². The number of rotatable bonds is 1. The van der Waals surface area contributed by atoms with Crippen molar-refractivity contribution < 1.29 is 9.90 Å². The molecular formula is C15H19NO2. The Morgan fingerprint density at radius 2 is 2.28 bits per heavy atom. The van der Waals surface area contributed by atoms with Crippen LogP contribution in [0.5, 0.6) is 0 Å². The first-order chi connectivity index (χ1) is 8.56. The summed E-state index contributed by atoms with van der Waals surface area (Å²) in [7, 11) is 2.04. The average Bonchev–Trinajstić information content (AvgIpc) is 2.38. The first-order valence-electron chi connectivity index (χ1n) is 6.54. The molecule has 1 aromatic rings. The third-order valence-electron chi connectivity index (χ3n) is 4.71. The van der Waals surface area contributed by atoms with Crippen molar-refractivity contribution in [2.24, 2.45) is 0 Å². The Bertz CT molecular complexity index is 511. The number of likely N-dealkylation sites (tertiary alicyclic amines) is 1. The maximum absolute atomic E-state index is 12.6. The number of aliphatic hydroxyl groups excluding tert-OH is 1. The first kappa shape index (κ1) is 11.9. The van der Waals surface area contributed by atoms with E-state index in [0.717, 1.165) is 30.5 Å². The molecule has 1 saturated heterocycles. The van der Waals surface area contributed by atoms with Crippen LogP contribution in [0.1, 0.15) is 30.0 Å². The molecule has 18 heavy (non-hydrogen) atoms. The van der Waals surface area contributed by atoms with Gasteiger partial charge in [0.25, 0.3) is 0 Å². The van der Waals surface area contributed by atoms with Gasteiger partial charge in [0.05, 0.1) is 18.1 Å². The molecule has 1 aromatic carbocycles. The van der Waals surface area contributed by atoms with Crippen LogP contribution in [0.25, 0.3) is 0 Å². The van der Waals surface area contributed by atoms with Crippen molar-refractivity contribution >= 4 is 5.78 Å². The van der Waals surface area contributed by atoms with Crippen LogP contribution in [0.2, 0.25) is 0 Å². The normalized spacial score (nSPS) is 31.3. The van der Waals surface area contributed by atoms with Gasteiger partial charge in [-0.1, -0.05) is 18.2 Å². The van der Waals surface area contributed by atoms with Gasteiger partial charge >= 0.3 is 0 Å². The number of ketones is 1. The Hall–Kier alpha value is -1.19. The number of Topliss-reactive ketones (excluding diaryl/α,β-unsaturated/α-hetero) is 1. The molecule has 1 aliphatic heterocycles. The number of carbonyl (C=O) groups excluding carboxylic acids is 1. The molecule has 1 aliphatic carbocycles. The number of hydrogen-bond donors (Lipinski definition) is 1. The molecule has 1 N–H and O–H groups in total. The second-order valence-electron chi connectivity index (χ2n) is 5.80. The highest BCUT2D eigenvalue weighted by atomic mass is 16.3. The van der Waals surface area contributed by atoms with Gasteiger partial charge in [-0.2, -0.15) is 0 Å². The van der Waals surface area contributed by atoms with Crippen LogP contribution in [0.15, 0.2) is 18.2 Å². The Balaban J connectivity index is 2.16. The second-order valence-corrected chi connectivity index (χ2v) is 5.80. The van der Waals surface area contributed by atoms with Gasteiger partial charge in [0, 0.05) is 0 Å². The van der Waals surface area contributed by atoms with Crippen LogP contribution < -0.4 is 0 Å². The molecule has 0 unspecified atom stereocenters. The molecule has 3 rings (SSSR count). The van der Waals surface area contributed by atoms with Crippen molar-refractivity contribution in [3.8, 4) is 0 Å². The molecule has 0 spiro atoms. The van der Waals surface area contributed by atoms with Gasteiger partial charge in [0.15, 0.2) is 5.78 Å². The third kappa shape index (κ3) is 1.47. The first-order valence-corrected chi connectivity index (χ1v) is 6.54. The Labute approximate surface area is 107 Å². The van der Waals surface area contributed by atoms with Gasteiger partial charge in [-0.15, -0.1) is 0 Å². The van der Waals surface area contributed by atoms with Crippen LogP contribution in [0, 0.1) is 0 Å². The van der Waals surface area contributed by atoms with E-state index in [4.69, 9.17) is 0 Å². The molecule has 2 bridgehead atoms. The summed E-state index contributed by atoms with van der Waals surface area (Å²) in [4.78, 5) is 14.8. The summed E-state index contributed by atoms with van der Waals surface area (Å²) in [6.07, 6.45) is 1.69. The summed E-state index contributed by atoms with van der Waals surface area (Å²) in [6.45, 7) is 3.07. The number of piperidine rings is 1. The van der Waals surface area contributed by atoms with Crippen molar-refractivity contribution in [1.82, 2.24) is 4.90 Å².